The van der Waals surface area contributed by atoms with Crippen molar-refractivity contribution in [2.24, 2.45) is 0 Å². The van der Waals surface area contributed by atoms with Crippen LogP contribution in [0.5, 0.6) is 11.6 Å². The number of halogens is 1. The highest BCUT2D eigenvalue weighted by atomic mass is 35.5. The molecule has 0 bridgehead atoms. The number of aromatic nitrogens is 4. The number of rotatable bonds is 4. The molecule has 100 valence electrons. The summed E-state index contributed by atoms with van der Waals surface area (Å²) in [5.74, 6) is 0.125. The van der Waals surface area contributed by atoms with Crippen molar-refractivity contribution < 1.29 is 9.66 Å². The van der Waals surface area contributed by atoms with Crippen molar-refractivity contribution in [3.63, 3.8) is 0 Å². The molecule has 0 saturated carbocycles. The molecule has 2 aromatic rings. The van der Waals surface area contributed by atoms with E-state index in [-0.39, 0.29) is 17.1 Å². The van der Waals surface area contributed by atoms with Gasteiger partial charge in [-0.25, -0.2) is 4.98 Å². The summed E-state index contributed by atoms with van der Waals surface area (Å²) in [5.41, 5.74) is -0.471. The van der Waals surface area contributed by atoms with Gasteiger partial charge in [-0.2, -0.15) is 10.1 Å². The van der Waals surface area contributed by atoms with Gasteiger partial charge in [0.2, 0.25) is 5.15 Å². The second-order valence-corrected chi connectivity index (χ2v) is 4.29. The quantitative estimate of drug-likeness (QED) is 0.486. The minimum Gasteiger partial charge on any atom is -0.430 e. The van der Waals surface area contributed by atoms with E-state index in [9.17, 15) is 10.1 Å². The summed E-state index contributed by atoms with van der Waals surface area (Å²) in [6, 6.07) is 0.154. The third-order valence-corrected chi connectivity index (χ3v) is 2.52. The zero-order valence-corrected chi connectivity index (χ0v) is 10.9. The Kier molecular flexibility index (Phi) is 3.61. The predicted octanol–water partition coefficient (Wildman–Crippen LogP) is 2.61. The molecule has 0 fully saturated rings. The molecular weight excluding hydrogens is 274 g/mol. The first-order chi connectivity index (χ1) is 8.99. The first kappa shape index (κ1) is 13.2. The molecule has 0 amide bonds. The molecule has 0 aliphatic heterocycles. The molecule has 2 aromatic heterocycles. The van der Waals surface area contributed by atoms with Crippen LogP contribution in [-0.2, 0) is 0 Å². The van der Waals surface area contributed by atoms with Crippen molar-refractivity contribution in [2.75, 3.05) is 0 Å². The van der Waals surface area contributed by atoms with E-state index in [2.05, 4.69) is 15.1 Å². The van der Waals surface area contributed by atoms with E-state index in [1.54, 1.807) is 10.9 Å². The van der Waals surface area contributed by atoms with Crippen LogP contribution in [0.25, 0.3) is 0 Å². The predicted molar refractivity (Wildman–Crippen MR) is 66.4 cm³/mol. The van der Waals surface area contributed by atoms with Crippen LogP contribution in [0.1, 0.15) is 19.9 Å². The molecule has 0 aliphatic carbocycles. The van der Waals surface area contributed by atoms with Gasteiger partial charge in [0, 0.05) is 6.04 Å². The number of nitro groups is 1. The topological polar surface area (TPSA) is 96.0 Å². The molecule has 2 heterocycles. The molecule has 9 heteroatoms. The van der Waals surface area contributed by atoms with E-state index in [1.165, 1.54) is 6.20 Å². The second kappa shape index (κ2) is 5.19. The van der Waals surface area contributed by atoms with Gasteiger partial charge in [-0.1, -0.05) is 11.6 Å². The Morgan fingerprint density at radius 2 is 2.21 bits per heavy atom. The SMILES string of the molecule is CC(C)n1cc(Oc2ncnc(Cl)c2[N+](=O)[O-])cn1. The first-order valence-electron chi connectivity index (χ1n) is 5.36. The summed E-state index contributed by atoms with van der Waals surface area (Å²) in [4.78, 5) is 17.5. The fourth-order valence-corrected chi connectivity index (χ4v) is 1.53. The monoisotopic (exact) mass is 283 g/mol. The Morgan fingerprint density at radius 1 is 1.47 bits per heavy atom. The Hall–Kier alpha value is -2.22. The zero-order chi connectivity index (χ0) is 14.0. The molecule has 2 rings (SSSR count). The van der Waals surface area contributed by atoms with Crippen LogP contribution in [0.3, 0.4) is 0 Å². The van der Waals surface area contributed by atoms with Crippen LogP contribution in [-0.4, -0.2) is 24.7 Å². The summed E-state index contributed by atoms with van der Waals surface area (Å²) in [7, 11) is 0. The zero-order valence-electron chi connectivity index (χ0n) is 10.1. The molecule has 0 aliphatic rings. The van der Waals surface area contributed by atoms with Crippen molar-refractivity contribution in [1.82, 2.24) is 19.7 Å². The molecule has 0 spiro atoms. The minimum absolute atomic E-state index is 0.154. The third-order valence-electron chi connectivity index (χ3n) is 2.25. The summed E-state index contributed by atoms with van der Waals surface area (Å²) in [6.45, 7) is 3.89. The third kappa shape index (κ3) is 2.79. The molecular formula is C10H10ClN5O3. The summed E-state index contributed by atoms with van der Waals surface area (Å²) in [5, 5.41) is 14.7. The average molecular weight is 284 g/mol. The lowest BCUT2D eigenvalue weighted by molar-refractivity contribution is -0.386. The summed E-state index contributed by atoms with van der Waals surface area (Å²) < 4.78 is 6.98. The first-order valence-corrected chi connectivity index (χ1v) is 5.73. The average Bonchev–Trinajstić information content (AvgIpc) is 2.77. The van der Waals surface area contributed by atoms with Crippen molar-refractivity contribution in [1.29, 1.82) is 0 Å². The van der Waals surface area contributed by atoms with Gasteiger partial charge in [0.1, 0.15) is 6.33 Å². The van der Waals surface area contributed by atoms with Crippen LogP contribution < -0.4 is 4.74 Å². The van der Waals surface area contributed by atoms with Gasteiger partial charge < -0.3 is 4.74 Å². The van der Waals surface area contributed by atoms with Gasteiger partial charge in [0.15, 0.2) is 5.75 Å². The van der Waals surface area contributed by atoms with Crippen LogP contribution in [0.4, 0.5) is 5.69 Å². The molecule has 19 heavy (non-hydrogen) atoms. The molecule has 0 aromatic carbocycles. The highest BCUT2D eigenvalue weighted by molar-refractivity contribution is 6.31. The van der Waals surface area contributed by atoms with Crippen molar-refractivity contribution >= 4 is 17.3 Å². The van der Waals surface area contributed by atoms with Crippen molar-refractivity contribution in [3.05, 3.63) is 34.0 Å². The normalized spacial score (nSPS) is 10.7. The smallest absolute Gasteiger partial charge is 0.368 e. The molecule has 0 radical (unpaired) electrons. The number of ether oxygens (including phenoxy) is 1. The molecule has 8 nitrogen and oxygen atoms in total. The van der Waals surface area contributed by atoms with E-state index >= 15 is 0 Å². The van der Waals surface area contributed by atoms with Crippen LogP contribution in [0, 0.1) is 10.1 Å². The lowest BCUT2D eigenvalue weighted by Gasteiger charge is -2.04. The summed E-state index contributed by atoms with van der Waals surface area (Å²) >= 11 is 5.65. The highest BCUT2D eigenvalue weighted by Gasteiger charge is 2.24. The van der Waals surface area contributed by atoms with Gasteiger partial charge in [-0.15, -0.1) is 0 Å². The molecule has 0 N–H and O–H groups in total. The van der Waals surface area contributed by atoms with Gasteiger partial charge in [0.25, 0.3) is 0 Å². The van der Waals surface area contributed by atoms with Crippen LogP contribution in [0.15, 0.2) is 18.7 Å². The molecule has 0 atom stereocenters. The van der Waals surface area contributed by atoms with Crippen molar-refractivity contribution in [2.45, 2.75) is 19.9 Å². The fraction of sp³-hybridized carbons (Fsp3) is 0.300. The Bertz CT molecular complexity index is 613. The maximum atomic E-state index is 10.9. The largest absolute Gasteiger partial charge is 0.430 e. The second-order valence-electron chi connectivity index (χ2n) is 3.93. The van der Waals surface area contributed by atoms with Gasteiger partial charge >= 0.3 is 11.6 Å². The van der Waals surface area contributed by atoms with E-state index in [1.807, 2.05) is 13.8 Å². The standard InChI is InChI=1S/C10H10ClN5O3/c1-6(2)15-4-7(3-14-15)19-10-8(16(17)18)9(11)12-5-13-10/h3-6H,1-2H3. The fourth-order valence-electron chi connectivity index (χ4n) is 1.34. The Morgan fingerprint density at radius 3 is 2.79 bits per heavy atom. The maximum absolute atomic E-state index is 10.9. The van der Waals surface area contributed by atoms with Crippen LogP contribution >= 0.6 is 11.6 Å². The van der Waals surface area contributed by atoms with E-state index in [4.69, 9.17) is 16.3 Å². The lowest BCUT2D eigenvalue weighted by atomic mass is 10.4. The Balaban J connectivity index is 2.32. The van der Waals surface area contributed by atoms with Gasteiger partial charge in [0.05, 0.1) is 17.3 Å². The summed E-state index contributed by atoms with van der Waals surface area (Å²) in [6.07, 6.45) is 4.15. The number of hydrogen-bond donors (Lipinski definition) is 0. The number of hydrogen-bond acceptors (Lipinski definition) is 6. The van der Waals surface area contributed by atoms with Crippen molar-refractivity contribution in [3.8, 4) is 11.6 Å². The Labute approximate surface area is 113 Å². The minimum atomic E-state index is -0.690. The van der Waals surface area contributed by atoms with Gasteiger partial charge in [-0.3, -0.25) is 14.8 Å². The van der Waals surface area contributed by atoms with Gasteiger partial charge in [-0.05, 0) is 13.8 Å². The maximum Gasteiger partial charge on any atom is 0.368 e. The van der Waals surface area contributed by atoms with E-state index < -0.39 is 10.6 Å². The molecule has 0 saturated heterocycles. The molecule has 0 unspecified atom stereocenters. The van der Waals surface area contributed by atoms with E-state index in [0.717, 1.165) is 6.33 Å². The van der Waals surface area contributed by atoms with Crippen LogP contribution in [0.2, 0.25) is 5.15 Å². The number of nitrogens with zero attached hydrogens (tertiary/aromatic N) is 5. The highest BCUT2D eigenvalue weighted by Crippen LogP contribution is 2.33. The lowest BCUT2D eigenvalue weighted by Crippen LogP contribution is -2.00. The van der Waals surface area contributed by atoms with E-state index in [0.29, 0.717) is 5.75 Å².